The van der Waals surface area contributed by atoms with Crippen LogP contribution in [0.1, 0.15) is 16.7 Å². The van der Waals surface area contributed by atoms with Crippen LogP contribution in [0.15, 0.2) is 54.4 Å². The SMILES string of the molecule is COCCN(C)Cc1ccc(N/C=C2/C=Cc3c(ccc4c3CC(=O)N4)N2)cc1. The number of hydrogen-bond acceptors (Lipinski definition) is 5. The molecule has 0 spiro atoms. The van der Waals surface area contributed by atoms with Gasteiger partial charge in [0.2, 0.25) is 5.91 Å². The molecule has 0 radical (unpaired) electrons. The summed E-state index contributed by atoms with van der Waals surface area (Å²) >= 11 is 0. The first-order chi connectivity index (χ1) is 14.1. The Morgan fingerprint density at radius 1 is 1.10 bits per heavy atom. The van der Waals surface area contributed by atoms with E-state index in [2.05, 4.69) is 58.2 Å². The first-order valence-electron chi connectivity index (χ1n) is 9.76. The van der Waals surface area contributed by atoms with E-state index in [4.69, 9.17) is 4.74 Å². The zero-order chi connectivity index (χ0) is 20.2. The van der Waals surface area contributed by atoms with Crippen LogP contribution in [0.25, 0.3) is 6.08 Å². The van der Waals surface area contributed by atoms with Crippen LogP contribution in [-0.4, -0.2) is 38.1 Å². The van der Waals surface area contributed by atoms with Gasteiger partial charge >= 0.3 is 0 Å². The number of anilines is 3. The summed E-state index contributed by atoms with van der Waals surface area (Å²) in [6, 6.07) is 12.4. The minimum atomic E-state index is 0.0538. The summed E-state index contributed by atoms with van der Waals surface area (Å²) < 4.78 is 5.12. The molecule has 0 bridgehead atoms. The molecule has 0 atom stereocenters. The van der Waals surface area contributed by atoms with Gasteiger partial charge in [0.15, 0.2) is 0 Å². The van der Waals surface area contributed by atoms with Crippen molar-refractivity contribution in [1.82, 2.24) is 4.90 Å². The van der Waals surface area contributed by atoms with E-state index in [1.807, 2.05) is 24.4 Å². The van der Waals surface area contributed by atoms with Crippen LogP contribution in [0.2, 0.25) is 0 Å². The van der Waals surface area contributed by atoms with Gasteiger partial charge in [-0.1, -0.05) is 18.2 Å². The highest BCUT2D eigenvalue weighted by Crippen LogP contribution is 2.35. The van der Waals surface area contributed by atoms with Gasteiger partial charge in [-0.3, -0.25) is 9.69 Å². The number of amides is 1. The van der Waals surface area contributed by atoms with Gasteiger partial charge in [0, 0.05) is 49.0 Å². The third-order valence-electron chi connectivity index (χ3n) is 5.15. The standard InChI is InChI=1S/C23H26N4O2/c1-27(11-12-29-2)15-16-3-5-17(6-4-16)24-14-18-7-8-19-20-13-23(28)26-22(20)10-9-21(19)25-18/h3-10,14,24-25H,11-13,15H2,1-2H3,(H,26,28)/b18-14-. The summed E-state index contributed by atoms with van der Waals surface area (Å²) in [6.07, 6.45) is 6.49. The largest absolute Gasteiger partial charge is 0.383 e. The maximum Gasteiger partial charge on any atom is 0.228 e. The van der Waals surface area contributed by atoms with E-state index in [1.165, 1.54) is 5.56 Å². The molecule has 150 valence electrons. The third kappa shape index (κ3) is 4.50. The van der Waals surface area contributed by atoms with Crippen molar-refractivity contribution in [3.63, 3.8) is 0 Å². The number of carbonyl (C=O) groups excluding carboxylic acids is 1. The van der Waals surface area contributed by atoms with Crippen molar-refractivity contribution in [2.24, 2.45) is 0 Å². The van der Waals surface area contributed by atoms with Gasteiger partial charge in [-0.15, -0.1) is 0 Å². The van der Waals surface area contributed by atoms with E-state index in [1.54, 1.807) is 7.11 Å². The molecule has 3 N–H and O–H groups in total. The van der Waals surface area contributed by atoms with E-state index in [9.17, 15) is 4.79 Å². The van der Waals surface area contributed by atoms with Crippen molar-refractivity contribution < 1.29 is 9.53 Å². The lowest BCUT2D eigenvalue weighted by Gasteiger charge is -2.18. The van der Waals surface area contributed by atoms with Crippen molar-refractivity contribution in [2.75, 3.05) is 43.3 Å². The number of hydrogen-bond donors (Lipinski definition) is 3. The van der Waals surface area contributed by atoms with Crippen molar-refractivity contribution >= 4 is 29.0 Å². The topological polar surface area (TPSA) is 65.6 Å². The molecule has 0 saturated carbocycles. The summed E-state index contributed by atoms with van der Waals surface area (Å²) in [7, 11) is 3.82. The molecular weight excluding hydrogens is 364 g/mol. The van der Waals surface area contributed by atoms with Crippen molar-refractivity contribution in [2.45, 2.75) is 13.0 Å². The predicted molar refractivity (Wildman–Crippen MR) is 118 cm³/mol. The van der Waals surface area contributed by atoms with Crippen LogP contribution in [0.3, 0.4) is 0 Å². The van der Waals surface area contributed by atoms with Gasteiger partial charge in [-0.2, -0.15) is 0 Å². The Morgan fingerprint density at radius 2 is 1.90 bits per heavy atom. The molecule has 6 heteroatoms. The van der Waals surface area contributed by atoms with Crippen molar-refractivity contribution in [3.8, 4) is 0 Å². The van der Waals surface area contributed by atoms with E-state index in [0.29, 0.717) is 6.42 Å². The molecular formula is C23H26N4O2. The molecule has 2 heterocycles. The van der Waals surface area contributed by atoms with Gasteiger partial charge in [0.05, 0.1) is 18.7 Å². The second-order valence-corrected chi connectivity index (χ2v) is 7.41. The molecule has 1 amide bonds. The minimum Gasteiger partial charge on any atom is -0.383 e. The summed E-state index contributed by atoms with van der Waals surface area (Å²) in [6.45, 7) is 2.55. The lowest BCUT2D eigenvalue weighted by Crippen LogP contribution is -2.22. The number of benzene rings is 2. The summed E-state index contributed by atoms with van der Waals surface area (Å²) in [5, 5.41) is 9.66. The van der Waals surface area contributed by atoms with E-state index in [-0.39, 0.29) is 5.91 Å². The fourth-order valence-electron chi connectivity index (χ4n) is 3.59. The minimum absolute atomic E-state index is 0.0538. The van der Waals surface area contributed by atoms with Crippen LogP contribution < -0.4 is 16.0 Å². The highest BCUT2D eigenvalue weighted by molar-refractivity contribution is 6.02. The van der Waals surface area contributed by atoms with E-state index < -0.39 is 0 Å². The Kier molecular flexibility index (Phi) is 5.64. The number of carbonyl (C=O) groups is 1. The van der Waals surface area contributed by atoms with Crippen LogP contribution in [0.5, 0.6) is 0 Å². The number of rotatable bonds is 7. The maximum atomic E-state index is 11.7. The molecule has 2 aromatic rings. The van der Waals surface area contributed by atoms with Crippen LogP contribution in [0.4, 0.5) is 17.1 Å². The Labute approximate surface area is 171 Å². The Bertz CT molecular complexity index is 964. The second-order valence-electron chi connectivity index (χ2n) is 7.41. The fourth-order valence-corrected chi connectivity index (χ4v) is 3.59. The number of ether oxygens (including phenoxy) is 1. The lowest BCUT2D eigenvalue weighted by molar-refractivity contribution is -0.115. The molecule has 0 unspecified atom stereocenters. The summed E-state index contributed by atoms with van der Waals surface area (Å²) in [4.78, 5) is 13.9. The number of allylic oxidation sites excluding steroid dienone is 1. The number of nitrogens with zero attached hydrogens (tertiary/aromatic N) is 1. The highest BCUT2D eigenvalue weighted by atomic mass is 16.5. The first-order valence-corrected chi connectivity index (χ1v) is 9.76. The molecule has 0 aromatic heterocycles. The average Bonchev–Trinajstić information content (AvgIpc) is 3.12. The van der Waals surface area contributed by atoms with Gasteiger partial charge in [-0.25, -0.2) is 0 Å². The Hall–Kier alpha value is -3.09. The lowest BCUT2D eigenvalue weighted by atomic mass is 9.99. The molecule has 4 rings (SSSR count). The average molecular weight is 390 g/mol. The first kappa shape index (κ1) is 19.2. The van der Waals surface area contributed by atoms with Gasteiger partial charge < -0.3 is 20.7 Å². The molecule has 0 aliphatic carbocycles. The Balaban J connectivity index is 1.38. The van der Waals surface area contributed by atoms with Crippen molar-refractivity contribution in [1.29, 1.82) is 0 Å². The number of fused-ring (bicyclic) bond motifs is 3. The smallest absolute Gasteiger partial charge is 0.228 e. The molecule has 2 aliphatic rings. The van der Waals surface area contributed by atoms with Gasteiger partial charge in [0.1, 0.15) is 0 Å². The quantitative estimate of drug-likeness (QED) is 0.673. The van der Waals surface area contributed by atoms with Crippen LogP contribution in [0, 0.1) is 0 Å². The predicted octanol–water partition coefficient (Wildman–Crippen LogP) is 3.65. The summed E-state index contributed by atoms with van der Waals surface area (Å²) in [5.74, 6) is 0.0538. The zero-order valence-electron chi connectivity index (χ0n) is 16.8. The molecule has 29 heavy (non-hydrogen) atoms. The van der Waals surface area contributed by atoms with E-state index >= 15 is 0 Å². The monoisotopic (exact) mass is 390 g/mol. The second kappa shape index (κ2) is 8.51. The number of likely N-dealkylation sites (N-methyl/N-ethyl adjacent to an activating group) is 1. The molecule has 2 aliphatic heterocycles. The molecule has 6 nitrogen and oxygen atoms in total. The Morgan fingerprint density at radius 3 is 2.69 bits per heavy atom. The van der Waals surface area contributed by atoms with Crippen molar-refractivity contribution in [3.05, 3.63) is 71.1 Å². The maximum absolute atomic E-state index is 11.7. The number of nitrogens with one attached hydrogen (secondary N) is 3. The molecule has 0 saturated heterocycles. The normalized spacial score (nSPS) is 15.8. The van der Waals surface area contributed by atoms with Crippen LogP contribution in [-0.2, 0) is 22.5 Å². The third-order valence-corrected chi connectivity index (χ3v) is 5.15. The van der Waals surface area contributed by atoms with E-state index in [0.717, 1.165) is 53.6 Å². The van der Waals surface area contributed by atoms with Gasteiger partial charge in [-0.05, 0) is 48.5 Å². The number of methoxy groups -OCH3 is 1. The zero-order valence-corrected chi connectivity index (χ0v) is 16.8. The van der Waals surface area contributed by atoms with Crippen LogP contribution >= 0.6 is 0 Å². The molecule has 0 fully saturated rings. The highest BCUT2D eigenvalue weighted by Gasteiger charge is 2.23. The fraction of sp³-hybridized carbons (Fsp3) is 0.261. The summed E-state index contributed by atoms with van der Waals surface area (Å²) in [5.41, 5.74) is 7.35. The molecule has 2 aromatic carbocycles. The van der Waals surface area contributed by atoms with Gasteiger partial charge in [0.25, 0.3) is 0 Å².